The van der Waals surface area contributed by atoms with Gasteiger partial charge in [-0.05, 0) is 31.5 Å². The predicted octanol–water partition coefficient (Wildman–Crippen LogP) is 1.16. The first-order chi connectivity index (χ1) is 8.60. The van der Waals surface area contributed by atoms with Gasteiger partial charge in [0.05, 0.1) is 18.9 Å². The molecule has 100 valence electrons. The lowest BCUT2D eigenvalue weighted by atomic mass is 10.1. The molecule has 2 atom stereocenters. The van der Waals surface area contributed by atoms with Crippen LogP contribution in [0.25, 0.3) is 0 Å². The SMILES string of the molecule is COc1ccc(C)cc1N1CC(O)CNC(C)C1. The van der Waals surface area contributed by atoms with Crippen LogP contribution in [0.3, 0.4) is 0 Å². The third-order valence-corrected chi connectivity index (χ3v) is 3.30. The number of aliphatic hydroxyl groups is 1. The number of aryl methyl sites for hydroxylation is 1. The maximum Gasteiger partial charge on any atom is 0.142 e. The van der Waals surface area contributed by atoms with Gasteiger partial charge >= 0.3 is 0 Å². The fourth-order valence-corrected chi connectivity index (χ4v) is 2.37. The lowest BCUT2D eigenvalue weighted by Crippen LogP contribution is -2.35. The molecule has 2 rings (SSSR count). The lowest BCUT2D eigenvalue weighted by molar-refractivity contribution is 0.183. The second-order valence-electron chi connectivity index (χ2n) is 5.04. The minimum absolute atomic E-state index is 0.347. The van der Waals surface area contributed by atoms with Crippen molar-refractivity contribution in [1.82, 2.24) is 5.32 Å². The number of ether oxygens (including phenoxy) is 1. The Morgan fingerprint density at radius 1 is 1.39 bits per heavy atom. The van der Waals surface area contributed by atoms with E-state index in [1.165, 1.54) is 5.56 Å². The van der Waals surface area contributed by atoms with Gasteiger partial charge in [-0.25, -0.2) is 0 Å². The highest BCUT2D eigenvalue weighted by Gasteiger charge is 2.22. The van der Waals surface area contributed by atoms with Crippen LogP contribution in [0.2, 0.25) is 0 Å². The van der Waals surface area contributed by atoms with Crippen molar-refractivity contribution < 1.29 is 9.84 Å². The van der Waals surface area contributed by atoms with Crippen LogP contribution in [0.1, 0.15) is 12.5 Å². The van der Waals surface area contributed by atoms with Crippen LogP contribution in [0, 0.1) is 6.92 Å². The van der Waals surface area contributed by atoms with E-state index in [1.807, 2.05) is 12.1 Å². The Kier molecular flexibility index (Phi) is 4.09. The summed E-state index contributed by atoms with van der Waals surface area (Å²) in [6, 6.07) is 6.49. The minimum Gasteiger partial charge on any atom is -0.495 e. The molecule has 4 heteroatoms. The van der Waals surface area contributed by atoms with E-state index in [-0.39, 0.29) is 6.10 Å². The largest absolute Gasteiger partial charge is 0.495 e. The van der Waals surface area contributed by atoms with Gasteiger partial charge in [-0.1, -0.05) is 6.07 Å². The van der Waals surface area contributed by atoms with E-state index in [4.69, 9.17) is 4.74 Å². The molecule has 0 aromatic heterocycles. The summed E-state index contributed by atoms with van der Waals surface area (Å²) >= 11 is 0. The molecule has 4 nitrogen and oxygen atoms in total. The molecule has 1 aromatic carbocycles. The maximum atomic E-state index is 9.93. The zero-order valence-corrected chi connectivity index (χ0v) is 11.3. The monoisotopic (exact) mass is 250 g/mol. The van der Waals surface area contributed by atoms with Crippen molar-refractivity contribution in [2.24, 2.45) is 0 Å². The Bertz CT molecular complexity index is 397. The topological polar surface area (TPSA) is 44.7 Å². The molecule has 18 heavy (non-hydrogen) atoms. The number of nitrogens with one attached hydrogen (secondary N) is 1. The molecule has 1 aromatic rings. The van der Waals surface area contributed by atoms with Crippen LogP contribution in [-0.4, -0.2) is 44.0 Å². The fourth-order valence-electron chi connectivity index (χ4n) is 2.37. The molecule has 0 spiro atoms. The Morgan fingerprint density at radius 2 is 2.17 bits per heavy atom. The minimum atomic E-state index is -0.347. The predicted molar refractivity (Wildman–Crippen MR) is 73.4 cm³/mol. The molecule has 1 aliphatic heterocycles. The number of rotatable bonds is 2. The van der Waals surface area contributed by atoms with E-state index in [1.54, 1.807) is 7.11 Å². The van der Waals surface area contributed by atoms with Crippen LogP contribution in [-0.2, 0) is 0 Å². The highest BCUT2D eigenvalue weighted by Crippen LogP contribution is 2.30. The normalized spacial score (nSPS) is 24.8. The Morgan fingerprint density at radius 3 is 2.89 bits per heavy atom. The number of nitrogens with zero attached hydrogens (tertiary/aromatic N) is 1. The molecular weight excluding hydrogens is 228 g/mol. The van der Waals surface area contributed by atoms with Crippen molar-refractivity contribution in [3.8, 4) is 5.75 Å². The Hall–Kier alpha value is -1.26. The smallest absolute Gasteiger partial charge is 0.142 e. The standard InChI is InChI=1S/C14H22N2O2/c1-10-4-5-14(18-3)13(6-10)16-8-11(2)15-7-12(17)9-16/h4-6,11-12,15,17H,7-9H2,1-3H3. The van der Waals surface area contributed by atoms with Gasteiger partial charge in [-0.2, -0.15) is 0 Å². The number of hydrogen-bond acceptors (Lipinski definition) is 4. The van der Waals surface area contributed by atoms with E-state index in [9.17, 15) is 5.11 Å². The molecule has 1 fully saturated rings. The molecule has 2 unspecified atom stereocenters. The van der Waals surface area contributed by atoms with Crippen molar-refractivity contribution in [1.29, 1.82) is 0 Å². The van der Waals surface area contributed by atoms with Gasteiger partial charge in [-0.3, -0.25) is 0 Å². The summed E-state index contributed by atoms with van der Waals surface area (Å²) in [5.41, 5.74) is 2.26. The Balaban J connectivity index is 2.30. The van der Waals surface area contributed by atoms with Gasteiger partial charge in [0.25, 0.3) is 0 Å². The molecule has 0 amide bonds. The number of hydrogen-bond donors (Lipinski definition) is 2. The van der Waals surface area contributed by atoms with E-state index in [2.05, 4.69) is 30.1 Å². The van der Waals surface area contributed by atoms with Crippen molar-refractivity contribution >= 4 is 5.69 Å². The number of benzene rings is 1. The third kappa shape index (κ3) is 2.94. The van der Waals surface area contributed by atoms with Gasteiger partial charge < -0.3 is 20.1 Å². The van der Waals surface area contributed by atoms with Gasteiger partial charge in [0, 0.05) is 25.7 Å². The van der Waals surface area contributed by atoms with Crippen molar-refractivity contribution in [3.05, 3.63) is 23.8 Å². The highest BCUT2D eigenvalue weighted by atomic mass is 16.5. The number of aliphatic hydroxyl groups excluding tert-OH is 1. The van der Waals surface area contributed by atoms with Crippen molar-refractivity contribution in [3.63, 3.8) is 0 Å². The van der Waals surface area contributed by atoms with E-state index in [0.717, 1.165) is 18.0 Å². The first kappa shape index (κ1) is 13.2. The van der Waals surface area contributed by atoms with Crippen LogP contribution in [0.4, 0.5) is 5.69 Å². The molecule has 1 heterocycles. The number of anilines is 1. The third-order valence-electron chi connectivity index (χ3n) is 3.30. The molecule has 0 bridgehead atoms. The highest BCUT2D eigenvalue weighted by molar-refractivity contribution is 5.60. The van der Waals surface area contributed by atoms with Gasteiger partial charge in [0.15, 0.2) is 0 Å². The quantitative estimate of drug-likeness (QED) is 0.827. The van der Waals surface area contributed by atoms with Crippen LogP contribution < -0.4 is 15.0 Å². The molecule has 2 N–H and O–H groups in total. The van der Waals surface area contributed by atoms with E-state index < -0.39 is 0 Å². The number of methoxy groups -OCH3 is 1. The first-order valence-electron chi connectivity index (χ1n) is 6.41. The summed E-state index contributed by atoms with van der Waals surface area (Å²) in [5, 5.41) is 13.2. The van der Waals surface area contributed by atoms with Gasteiger partial charge in [-0.15, -0.1) is 0 Å². The van der Waals surface area contributed by atoms with Gasteiger partial charge in [0.2, 0.25) is 0 Å². The summed E-state index contributed by atoms with van der Waals surface area (Å²) in [6.07, 6.45) is -0.347. The zero-order valence-electron chi connectivity index (χ0n) is 11.3. The molecule has 0 radical (unpaired) electrons. The summed E-state index contributed by atoms with van der Waals surface area (Å²) in [7, 11) is 1.68. The summed E-state index contributed by atoms with van der Waals surface area (Å²) in [4.78, 5) is 2.20. The molecule has 0 saturated carbocycles. The Labute approximate surface area is 109 Å². The maximum absolute atomic E-state index is 9.93. The lowest BCUT2D eigenvalue weighted by Gasteiger charge is -2.27. The van der Waals surface area contributed by atoms with E-state index in [0.29, 0.717) is 19.1 Å². The summed E-state index contributed by atoms with van der Waals surface area (Å²) < 4.78 is 5.42. The second-order valence-corrected chi connectivity index (χ2v) is 5.04. The van der Waals surface area contributed by atoms with E-state index >= 15 is 0 Å². The molecule has 0 aliphatic carbocycles. The molecule has 1 aliphatic rings. The summed E-state index contributed by atoms with van der Waals surface area (Å²) in [6.45, 7) is 6.35. The van der Waals surface area contributed by atoms with Crippen molar-refractivity contribution in [2.45, 2.75) is 26.0 Å². The zero-order chi connectivity index (χ0) is 13.1. The second kappa shape index (κ2) is 5.59. The van der Waals surface area contributed by atoms with Crippen LogP contribution in [0.15, 0.2) is 18.2 Å². The average molecular weight is 250 g/mol. The van der Waals surface area contributed by atoms with Crippen LogP contribution >= 0.6 is 0 Å². The molecular formula is C14H22N2O2. The number of β-amino-alcohol motifs (C(OH)–C–C–N with tert-alkyl or cyclic N) is 1. The van der Waals surface area contributed by atoms with Crippen LogP contribution in [0.5, 0.6) is 5.75 Å². The van der Waals surface area contributed by atoms with Gasteiger partial charge in [0.1, 0.15) is 5.75 Å². The first-order valence-corrected chi connectivity index (χ1v) is 6.41. The fraction of sp³-hybridized carbons (Fsp3) is 0.571. The molecule has 1 saturated heterocycles. The van der Waals surface area contributed by atoms with Crippen molar-refractivity contribution in [2.75, 3.05) is 31.6 Å². The average Bonchev–Trinajstić information content (AvgIpc) is 2.51. The summed E-state index contributed by atoms with van der Waals surface area (Å²) in [5.74, 6) is 0.863.